The third-order valence-electron chi connectivity index (χ3n) is 4.72. The summed E-state index contributed by atoms with van der Waals surface area (Å²) in [5.74, 6) is -2.84. The molecule has 160 valence electrons. The van der Waals surface area contributed by atoms with Gasteiger partial charge in [0.25, 0.3) is 17.7 Å². The summed E-state index contributed by atoms with van der Waals surface area (Å²) in [6.45, 7) is 0.0652. The lowest BCUT2D eigenvalue weighted by atomic mass is 9.84. The third-order valence-corrected chi connectivity index (χ3v) is 4.72. The minimum absolute atomic E-state index is 0.0652. The van der Waals surface area contributed by atoms with Gasteiger partial charge in [-0.1, -0.05) is 12.1 Å². The highest BCUT2D eigenvalue weighted by atomic mass is 16.5. The Morgan fingerprint density at radius 3 is 2.55 bits per heavy atom. The van der Waals surface area contributed by atoms with Crippen molar-refractivity contribution < 1.29 is 23.9 Å². The van der Waals surface area contributed by atoms with Crippen molar-refractivity contribution in [3.63, 3.8) is 0 Å². The molecule has 0 bridgehead atoms. The fourth-order valence-electron chi connectivity index (χ4n) is 3.07. The molecule has 0 radical (unpaired) electrons. The van der Waals surface area contributed by atoms with E-state index in [1.165, 1.54) is 25.5 Å². The van der Waals surface area contributed by atoms with E-state index in [0.717, 1.165) is 12.1 Å². The second-order valence-corrected chi connectivity index (χ2v) is 6.63. The Kier molecular flexibility index (Phi) is 6.29. The molecule has 31 heavy (non-hydrogen) atoms. The maximum atomic E-state index is 13.0. The number of carbonyl (C=O) groups excluding carboxylic acids is 4. The topological polar surface area (TPSA) is 130 Å². The van der Waals surface area contributed by atoms with E-state index in [1.54, 1.807) is 42.6 Å². The molecule has 3 amide bonds. The Morgan fingerprint density at radius 1 is 1.19 bits per heavy atom. The molecular formula is C21H21N5O5. The van der Waals surface area contributed by atoms with E-state index in [9.17, 15) is 19.2 Å². The Morgan fingerprint density at radius 2 is 1.94 bits per heavy atom. The second-order valence-electron chi connectivity index (χ2n) is 6.63. The molecule has 0 aliphatic carbocycles. The second kappa shape index (κ2) is 9.08. The summed E-state index contributed by atoms with van der Waals surface area (Å²) in [5.41, 5.74) is 2.32. The maximum absolute atomic E-state index is 13.0. The number of carbonyl (C=O) groups is 4. The SMILES string of the molecule is CNC(=O)C1(C(=O)OC)C=CNN(Cc2ccc(NC(=O)c3cccnc3)cc2)C1=O. The van der Waals surface area contributed by atoms with Gasteiger partial charge in [-0.25, -0.2) is 4.79 Å². The first kappa shape index (κ1) is 21.5. The fraction of sp³-hybridized carbons (Fsp3) is 0.190. The molecule has 0 saturated heterocycles. The summed E-state index contributed by atoms with van der Waals surface area (Å²) in [7, 11) is 2.44. The molecule has 0 saturated carbocycles. The molecule has 1 unspecified atom stereocenters. The summed E-state index contributed by atoms with van der Waals surface area (Å²) in [6, 6.07) is 10.1. The van der Waals surface area contributed by atoms with Crippen LogP contribution < -0.4 is 16.1 Å². The molecule has 2 aromatic rings. The van der Waals surface area contributed by atoms with Crippen LogP contribution in [0.3, 0.4) is 0 Å². The number of hydrogen-bond donors (Lipinski definition) is 3. The molecule has 1 atom stereocenters. The van der Waals surface area contributed by atoms with E-state index in [4.69, 9.17) is 4.74 Å². The van der Waals surface area contributed by atoms with Gasteiger partial charge in [0.2, 0.25) is 5.41 Å². The molecule has 1 aliphatic rings. The highest BCUT2D eigenvalue weighted by molar-refractivity contribution is 6.23. The predicted octanol–water partition coefficient (Wildman–Crippen LogP) is 0.600. The minimum atomic E-state index is -2.10. The zero-order chi connectivity index (χ0) is 22.4. The zero-order valence-corrected chi connectivity index (χ0v) is 16.9. The number of rotatable bonds is 6. The number of nitrogens with zero attached hydrogens (tertiary/aromatic N) is 2. The Labute approximate surface area is 178 Å². The van der Waals surface area contributed by atoms with E-state index >= 15 is 0 Å². The van der Waals surface area contributed by atoms with Crippen LogP contribution >= 0.6 is 0 Å². The van der Waals surface area contributed by atoms with E-state index < -0.39 is 23.2 Å². The first-order valence-corrected chi connectivity index (χ1v) is 9.29. The molecule has 0 fully saturated rings. The Balaban J connectivity index is 1.73. The van der Waals surface area contributed by atoms with Crippen LogP contribution in [0.2, 0.25) is 0 Å². The van der Waals surface area contributed by atoms with Gasteiger partial charge in [-0.05, 0) is 35.9 Å². The molecular weight excluding hydrogens is 402 g/mol. The van der Waals surface area contributed by atoms with Gasteiger partial charge < -0.3 is 20.8 Å². The van der Waals surface area contributed by atoms with Crippen LogP contribution in [0.5, 0.6) is 0 Å². The van der Waals surface area contributed by atoms with Gasteiger partial charge in [-0.3, -0.25) is 24.4 Å². The summed E-state index contributed by atoms with van der Waals surface area (Å²) < 4.78 is 4.70. The number of nitrogens with one attached hydrogen (secondary N) is 3. The normalized spacial score (nSPS) is 17.5. The highest BCUT2D eigenvalue weighted by Gasteiger charge is 2.55. The lowest BCUT2D eigenvalue weighted by Crippen LogP contribution is -2.60. The quantitative estimate of drug-likeness (QED) is 0.458. The average Bonchev–Trinajstić information content (AvgIpc) is 2.81. The fourth-order valence-corrected chi connectivity index (χ4v) is 3.07. The molecule has 0 spiro atoms. The van der Waals surface area contributed by atoms with Crippen molar-refractivity contribution in [1.82, 2.24) is 20.7 Å². The molecule has 3 rings (SSSR count). The standard InChI is InChI=1S/C21H21N5O5/c1-22-18(28)21(20(30)31-2)9-11-24-26(19(21)29)13-14-5-7-16(8-6-14)25-17(27)15-4-3-10-23-12-15/h3-12,24H,13H2,1-2H3,(H,22,28)(H,25,27). The number of anilines is 1. The summed E-state index contributed by atoms with van der Waals surface area (Å²) >= 11 is 0. The smallest absolute Gasteiger partial charge is 0.335 e. The molecule has 1 aliphatic heterocycles. The van der Waals surface area contributed by atoms with Crippen LogP contribution in [0.15, 0.2) is 61.1 Å². The highest BCUT2D eigenvalue weighted by Crippen LogP contribution is 2.28. The van der Waals surface area contributed by atoms with Crippen LogP contribution in [0.4, 0.5) is 5.69 Å². The number of ether oxygens (including phenoxy) is 1. The van der Waals surface area contributed by atoms with Gasteiger partial charge >= 0.3 is 5.97 Å². The monoisotopic (exact) mass is 423 g/mol. The van der Waals surface area contributed by atoms with Crippen LogP contribution in [-0.2, 0) is 25.7 Å². The Hall–Kier alpha value is -4.21. The molecule has 10 heteroatoms. The number of methoxy groups -OCH3 is 1. The molecule has 1 aromatic heterocycles. The van der Waals surface area contributed by atoms with Gasteiger partial charge in [0.1, 0.15) is 0 Å². The van der Waals surface area contributed by atoms with Crippen molar-refractivity contribution in [2.45, 2.75) is 6.54 Å². The zero-order valence-electron chi connectivity index (χ0n) is 16.9. The van der Waals surface area contributed by atoms with E-state index in [2.05, 4.69) is 21.0 Å². The molecule has 2 heterocycles. The largest absolute Gasteiger partial charge is 0.468 e. The summed E-state index contributed by atoms with van der Waals surface area (Å²) in [6.07, 6.45) is 5.56. The predicted molar refractivity (Wildman–Crippen MR) is 110 cm³/mol. The van der Waals surface area contributed by atoms with Gasteiger partial charge in [-0.2, -0.15) is 0 Å². The summed E-state index contributed by atoms with van der Waals surface area (Å²) in [5, 5.41) is 6.24. The van der Waals surface area contributed by atoms with Crippen molar-refractivity contribution in [1.29, 1.82) is 0 Å². The van der Waals surface area contributed by atoms with Crippen LogP contribution in [0.1, 0.15) is 15.9 Å². The lowest BCUT2D eigenvalue weighted by molar-refractivity contribution is -0.166. The van der Waals surface area contributed by atoms with Gasteiger partial charge in [0.05, 0.1) is 19.2 Å². The van der Waals surface area contributed by atoms with Gasteiger partial charge in [-0.15, -0.1) is 0 Å². The summed E-state index contributed by atoms with van der Waals surface area (Å²) in [4.78, 5) is 53.8. The molecule has 1 aromatic carbocycles. The van der Waals surface area contributed by atoms with Gasteiger partial charge in [0.15, 0.2) is 0 Å². The van der Waals surface area contributed by atoms with E-state index in [-0.39, 0.29) is 12.5 Å². The number of hydrazine groups is 1. The Bertz CT molecular complexity index is 1000. The number of benzene rings is 1. The number of pyridine rings is 1. The average molecular weight is 423 g/mol. The van der Waals surface area contributed by atoms with Crippen molar-refractivity contribution >= 4 is 29.4 Å². The number of esters is 1. The number of amides is 3. The third kappa shape index (κ3) is 4.22. The first-order valence-electron chi connectivity index (χ1n) is 9.29. The number of hydrogen-bond acceptors (Lipinski definition) is 7. The van der Waals surface area contributed by atoms with Gasteiger partial charge in [0, 0.05) is 31.3 Å². The van der Waals surface area contributed by atoms with Crippen molar-refractivity contribution in [2.75, 3.05) is 19.5 Å². The van der Waals surface area contributed by atoms with Crippen LogP contribution in [-0.4, -0.2) is 47.8 Å². The maximum Gasteiger partial charge on any atom is 0.335 e. The van der Waals surface area contributed by atoms with Crippen molar-refractivity contribution in [3.05, 3.63) is 72.2 Å². The van der Waals surface area contributed by atoms with E-state index in [1.807, 2.05) is 0 Å². The van der Waals surface area contributed by atoms with Crippen LogP contribution in [0, 0.1) is 5.41 Å². The van der Waals surface area contributed by atoms with Crippen molar-refractivity contribution in [2.24, 2.45) is 5.41 Å². The number of aromatic nitrogens is 1. The van der Waals surface area contributed by atoms with E-state index in [0.29, 0.717) is 16.8 Å². The van der Waals surface area contributed by atoms with Crippen LogP contribution in [0.25, 0.3) is 0 Å². The lowest BCUT2D eigenvalue weighted by Gasteiger charge is -2.35. The molecule has 10 nitrogen and oxygen atoms in total. The first-order chi connectivity index (χ1) is 14.9. The van der Waals surface area contributed by atoms with Crippen molar-refractivity contribution in [3.8, 4) is 0 Å². The molecule has 3 N–H and O–H groups in total. The minimum Gasteiger partial charge on any atom is -0.468 e.